The SMILES string of the molecule is COc1ccc(CCNC(=NCc2nnc(C)n2C)NC2CN(C(C)C)CC2C)cc1.I. The molecule has 0 amide bonds. The van der Waals surface area contributed by atoms with Gasteiger partial charge in [-0.25, -0.2) is 4.99 Å². The largest absolute Gasteiger partial charge is 0.497 e. The zero-order valence-electron chi connectivity index (χ0n) is 20.1. The highest BCUT2D eigenvalue weighted by Gasteiger charge is 2.31. The first kappa shape index (κ1) is 26.4. The average molecular weight is 556 g/mol. The molecule has 3 rings (SSSR count). The molecule has 1 aromatic heterocycles. The summed E-state index contributed by atoms with van der Waals surface area (Å²) < 4.78 is 7.23. The Morgan fingerprint density at radius 1 is 1.22 bits per heavy atom. The van der Waals surface area contributed by atoms with E-state index in [9.17, 15) is 0 Å². The van der Waals surface area contributed by atoms with Gasteiger partial charge in [-0.05, 0) is 50.8 Å². The number of rotatable bonds is 8. The lowest BCUT2D eigenvalue weighted by molar-refractivity contribution is 0.265. The fourth-order valence-corrected chi connectivity index (χ4v) is 3.80. The van der Waals surface area contributed by atoms with Crippen LogP contribution in [0, 0.1) is 12.8 Å². The Balaban J connectivity index is 0.00000363. The predicted molar refractivity (Wildman–Crippen MR) is 140 cm³/mol. The molecule has 1 aromatic carbocycles. The number of benzene rings is 1. The van der Waals surface area contributed by atoms with Crippen LogP contribution in [-0.2, 0) is 20.0 Å². The average Bonchev–Trinajstić information content (AvgIpc) is 3.29. The van der Waals surface area contributed by atoms with Crippen LogP contribution in [0.5, 0.6) is 5.75 Å². The van der Waals surface area contributed by atoms with Gasteiger partial charge in [0.05, 0.1) is 7.11 Å². The van der Waals surface area contributed by atoms with Crippen LogP contribution in [0.3, 0.4) is 0 Å². The number of halogens is 1. The van der Waals surface area contributed by atoms with Gasteiger partial charge < -0.3 is 19.9 Å². The highest BCUT2D eigenvalue weighted by Crippen LogP contribution is 2.18. The maximum atomic E-state index is 5.25. The first-order chi connectivity index (χ1) is 14.9. The van der Waals surface area contributed by atoms with Crippen molar-refractivity contribution in [2.75, 3.05) is 26.7 Å². The normalized spacial score (nSPS) is 19.2. The predicted octanol–water partition coefficient (Wildman–Crippen LogP) is 2.76. The Labute approximate surface area is 209 Å². The molecule has 0 radical (unpaired) electrons. The lowest BCUT2D eigenvalue weighted by Crippen LogP contribution is -2.47. The van der Waals surface area contributed by atoms with Gasteiger partial charge >= 0.3 is 0 Å². The maximum absolute atomic E-state index is 5.25. The second kappa shape index (κ2) is 12.4. The monoisotopic (exact) mass is 555 g/mol. The van der Waals surface area contributed by atoms with E-state index < -0.39 is 0 Å². The summed E-state index contributed by atoms with van der Waals surface area (Å²) in [6.07, 6.45) is 0.909. The molecule has 178 valence electrons. The highest BCUT2D eigenvalue weighted by atomic mass is 127. The molecular weight excluding hydrogens is 517 g/mol. The van der Waals surface area contributed by atoms with Crippen molar-refractivity contribution in [3.8, 4) is 5.75 Å². The lowest BCUT2D eigenvalue weighted by atomic mass is 10.1. The quantitative estimate of drug-likeness (QED) is 0.297. The molecule has 2 atom stereocenters. The Morgan fingerprint density at radius 2 is 1.94 bits per heavy atom. The van der Waals surface area contributed by atoms with Crippen molar-refractivity contribution in [2.45, 2.75) is 52.7 Å². The molecule has 1 saturated heterocycles. The molecule has 1 aliphatic heterocycles. The van der Waals surface area contributed by atoms with Crippen molar-refractivity contribution in [3.63, 3.8) is 0 Å². The molecule has 8 nitrogen and oxygen atoms in total. The van der Waals surface area contributed by atoms with E-state index in [0.717, 1.165) is 49.4 Å². The molecule has 2 heterocycles. The van der Waals surface area contributed by atoms with Crippen molar-refractivity contribution in [1.29, 1.82) is 0 Å². The van der Waals surface area contributed by atoms with Gasteiger partial charge in [0.15, 0.2) is 11.8 Å². The Bertz CT molecular complexity index is 866. The minimum Gasteiger partial charge on any atom is -0.497 e. The fourth-order valence-electron chi connectivity index (χ4n) is 3.80. The summed E-state index contributed by atoms with van der Waals surface area (Å²) in [5, 5.41) is 15.6. The van der Waals surface area contributed by atoms with E-state index >= 15 is 0 Å². The van der Waals surface area contributed by atoms with Gasteiger partial charge in [-0.3, -0.25) is 4.90 Å². The number of likely N-dealkylation sites (tertiary alicyclic amines) is 1. The van der Waals surface area contributed by atoms with Crippen LogP contribution in [-0.4, -0.2) is 64.5 Å². The number of aromatic nitrogens is 3. The zero-order chi connectivity index (χ0) is 22.4. The molecule has 32 heavy (non-hydrogen) atoms. The lowest BCUT2D eigenvalue weighted by Gasteiger charge is -2.22. The van der Waals surface area contributed by atoms with Crippen molar-refractivity contribution in [1.82, 2.24) is 30.3 Å². The maximum Gasteiger partial charge on any atom is 0.191 e. The Hall–Kier alpha value is -1.88. The third-order valence-corrected chi connectivity index (χ3v) is 6.12. The first-order valence-electron chi connectivity index (χ1n) is 11.1. The molecule has 0 bridgehead atoms. The van der Waals surface area contributed by atoms with Crippen molar-refractivity contribution in [3.05, 3.63) is 41.5 Å². The number of aryl methyl sites for hydroxylation is 1. The minimum absolute atomic E-state index is 0. The van der Waals surface area contributed by atoms with E-state index in [-0.39, 0.29) is 24.0 Å². The summed E-state index contributed by atoms with van der Waals surface area (Å²) in [6, 6.07) is 9.13. The molecule has 2 unspecified atom stereocenters. The standard InChI is InChI=1S/C23H37N7O.HI/c1-16(2)30-14-17(3)21(15-30)26-23(25-13-22-28-27-18(4)29(22)5)24-12-11-19-7-9-20(31-6)10-8-19;/h7-10,16-17,21H,11-15H2,1-6H3,(H2,24,25,26);1H. The molecule has 2 N–H and O–H groups in total. The molecule has 0 saturated carbocycles. The topological polar surface area (TPSA) is 79.6 Å². The van der Waals surface area contributed by atoms with E-state index in [1.165, 1.54) is 5.56 Å². The molecule has 2 aromatic rings. The van der Waals surface area contributed by atoms with Gasteiger partial charge in [-0.1, -0.05) is 19.1 Å². The number of ether oxygens (including phenoxy) is 1. The number of hydrogen-bond acceptors (Lipinski definition) is 5. The second-order valence-electron chi connectivity index (χ2n) is 8.69. The summed E-state index contributed by atoms with van der Waals surface area (Å²) >= 11 is 0. The Morgan fingerprint density at radius 3 is 2.50 bits per heavy atom. The van der Waals surface area contributed by atoms with Crippen LogP contribution in [0.2, 0.25) is 0 Å². The molecule has 9 heteroatoms. The summed E-state index contributed by atoms with van der Waals surface area (Å²) in [5.74, 6) is 4.02. The molecular formula is C23H38IN7O. The van der Waals surface area contributed by atoms with E-state index in [4.69, 9.17) is 9.73 Å². The zero-order valence-corrected chi connectivity index (χ0v) is 22.5. The van der Waals surface area contributed by atoms with E-state index in [0.29, 0.717) is 24.5 Å². The second-order valence-corrected chi connectivity index (χ2v) is 8.69. The van der Waals surface area contributed by atoms with Gasteiger partial charge in [0, 0.05) is 38.8 Å². The van der Waals surface area contributed by atoms with Crippen LogP contribution < -0.4 is 15.4 Å². The number of aliphatic imine (C=N–C) groups is 1. The Kier molecular flexibility index (Phi) is 10.2. The highest BCUT2D eigenvalue weighted by molar-refractivity contribution is 14.0. The van der Waals surface area contributed by atoms with Gasteiger partial charge in [-0.2, -0.15) is 0 Å². The number of methoxy groups -OCH3 is 1. The number of guanidine groups is 1. The third-order valence-electron chi connectivity index (χ3n) is 6.12. The van der Waals surface area contributed by atoms with Crippen LogP contribution in [0.15, 0.2) is 29.3 Å². The smallest absolute Gasteiger partial charge is 0.191 e. The summed E-state index contributed by atoms with van der Waals surface area (Å²) in [6.45, 7) is 12.2. The fraction of sp³-hybridized carbons (Fsp3) is 0.609. The minimum atomic E-state index is 0. The molecule has 1 aliphatic rings. The van der Waals surface area contributed by atoms with E-state index in [1.807, 2.05) is 30.7 Å². The van der Waals surface area contributed by atoms with Crippen molar-refractivity contribution >= 4 is 29.9 Å². The number of nitrogens with one attached hydrogen (secondary N) is 2. The van der Waals surface area contributed by atoms with Gasteiger partial charge in [-0.15, -0.1) is 34.2 Å². The van der Waals surface area contributed by atoms with Crippen LogP contribution in [0.4, 0.5) is 0 Å². The van der Waals surface area contributed by atoms with Crippen molar-refractivity contribution < 1.29 is 4.74 Å². The van der Waals surface area contributed by atoms with Gasteiger partial charge in [0.2, 0.25) is 0 Å². The van der Waals surface area contributed by atoms with Gasteiger partial charge in [0.25, 0.3) is 0 Å². The first-order valence-corrected chi connectivity index (χ1v) is 11.1. The summed E-state index contributed by atoms with van der Waals surface area (Å²) in [4.78, 5) is 7.34. The summed E-state index contributed by atoms with van der Waals surface area (Å²) in [5.41, 5.74) is 1.26. The molecule has 1 fully saturated rings. The third kappa shape index (κ3) is 7.06. The van der Waals surface area contributed by atoms with E-state index in [2.05, 4.69) is 58.6 Å². The van der Waals surface area contributed by atoms with E-state index in [1.54, 1.807) is 7.11 Å². The van der Waals surface area contributed by atoms with Crippen molar-refractivity contribution in [2.24, 2.45) is 18.0 Å². The van der Waals surface area contributed by atoms with Crippen LogP contribution in [0.25, 0.3) is 0 Å². The van der Waals surface area contributed by atoms with Crippen LogP contribution >= 0.6 is 24.0 Å². The molecule has 0 aliphatic carbocycles. The molecule has 0 spiro atoms. The number of nitrogens with zero attached hydrogens (tertiary/aromatic N) is 5. The van der Waals surface area contributed by atoms with Gasteiger partial charge in [0.1, 0.15) is 18.1 Å². The van der Waals surface area contributed by atoms with Crippen LogP contribution in [0.1, 0.15) is 38.0 Å². The summed E-state index contributed by atoms with van der Waals surface area (Å²) in [7, 11) is 3.66. The number of hydrogen-bond donors (Lipinski definition) is 2.